The minimum Gasteiger partial charge on any atom is -0.326 e. The molecular formula is C15H15N5O3S. The third kappa shape index (κ3) is 3.57. The Morgan fingerprint density at radius 3 is 2.62 bits per heavy atom. The summed E-state index contributed by atoms with van der Waals surface area (Å²) in [5.41, 5.74) is 2.88. The predicted molar refractivity (Wildman–Crippen MR) is 89.7 cm³/mol. The number of anilines is 3. The van der Waals surface area contributed by atoms with E-state index in [0.29, 0.717) is 23.1 Å². The zero-order valence-electron chi connectivity index (χ0n) is 12.9. The van der Waals surface area contributed by atoms with E-state index in [1.54, 1.807) is 29.2 Å². The molecule has 124 valence electrons. The first kappa shape index (κ1) is 16.1. The molecule has 2 N–H and O–H groups in total. The van der Waals surface area contributed by atoms with Gasteiger partial charge in [-0.3, -0.25) is 14.4 Å². The fourth-order valence-electron chi connectivity index (χ4n) is 2.50. The van der Waals surface area contributed by atoms with Crippen molar-refractivity contribution in [3.05, 3.63) is 29.8 Å². The van der Waals surface area contributed by atoms with E-state index in [1.165, 1.54) is 23.8 Å². The summed E-state index contributed by atoms with van der Waals surface area (Å²) in [5.74, 6) is -0.943. The lowest BCUT2D eigenvalue weighted by Gasteiger charge is -2.17. The minimum absolute atomic E-state index is 0.111. The van der Waals surface area contributed by atoms with Gasteiger partial charge in [0.05, 0.1) is 5.92 Å². The highest BCUT2D eigenvalue weighted by molar-refractivity contribution is 7.13. The van der Waals surface area contributed by atoms with E-state index in [4.69, 9.17) is 0 Å². The summed E-state index contributed by atoms with van der Waals surface area (Å²) in [4.78, 5) is 37.0. The third-order valence-corrected chi connectivity index (χ3v) is 4.19. The van der Waals surface area contributed by atoms with Crippen molar-refractivity contribution >= 4 is 45.6 Å². The molecule has 1 atom stereocenters. The van der Waals surface area contributed by atoms with Gasteiger partial charge < -0.3 is 15.5 Å². The molecule has 24 heavy (non-hydrogen) atoms. The lowest BCUT2D eigenvalue weighted by molar-refractivity contribution is -0.122. The molecule has 0 radical (unpaired) electrons. The molecule has 2 heterocycles. The molecule has 8 nitrogen and oxygen atoms in total. The van der Waals surface area contributed by atoms with Crippen LogP contribution in [0.1, 0.15) is 13.3 Å². The van der Waals surface area contributed by atoms with Crippen LogP contribution in [-0.2, 0) is 14.4 Å². The number of nitrogens with one attached hydrogen (secondary N) is 2. The Labute approximate surface area is 141 Å². The summed E-state index contributed by atoms with van der Waals surface area (Å²) in [5, 5.41) is 13.2. The van der Waals surface area contributed by atoms with E-state index >= 15 is 0 Å². The van der Waals surface area contributed by atoms with Gasteiger partial charge in [-0.15, -0.1) is 10.2 Å². The first-order valence-corrected chi connectivity index (χ1v) is 8.16. The molecule has 1 aliphatic rings. The summed E-state index contributed by atoms with van der Waals surface area (Å²) in [7, 11) is 0. The minimum atomic E-state index is -0.434. The summed E-state index contributed by atoms with van der Waals surface area (Å²) < 4.78 is 0. The topological polar surface area (TPSA) is 104 Å². The lowest BCUT2D eigenvalue weighted by atomic mass is 10.1. The van der Waals surface area contributed by atoms with Crippen molar-refractivity contribution in [2.75, 3.05) is 22.1 Å². The van der Waals surface area contributed by atoms with Gasteiger partial charge in [0.1, 0.15) is 5.51 Å². The standard InChI is InChI=1S/C15H15N5O3S/c1-9(21)17-11-2-4-12(5-3-11)20-7-10(6-13(20)22)14(23)18-15-19-16-8-24-15/h2-5,8,10H,6-7H2,1H3,(H,17,21)(H,18,19,23). The molecule has 1 aromatic carbocycles. The second-order valence-corrected chi connectivity index (χ2v) is 6.20. The number of aromatic nitrogens is 2. The Bertz CT molecular complexity index is 760. The molecule has 3 rings (SSSR count). The Kier molecular flexibility index (Phi) is 4.52. The molecule has 3 amide bonds. The molecule has 1 aromatic heterocycles. The second kappa shape index (κ2) is 6.75. The zero-order valence-corrected chi connectivity index (χ0v) is 13.7. The van der Waals surface area contributed by atoms with Crippen molar-refractivity contribution in [2.45, 2.75) is 13.3 Å². The maximum Gasteiger partial charge on any atom is 0.231 e. The van der Waals surface area contributed by atoms with Gasteiger partial charge in [0.15, 0.2) is 0 Å². The van der Waals surface area contributed by atoms with Gasteiger partial charge in [0, 0.05) is 31.3 Å². The molecule has 0 spiro atoms. The maximum absolute atomic E-state index is 12.2. The fourth-order valence-corrected chi connectivity index (χ4v) is 2.94. The second-order valence-electron chi connectivity index (χ2n) is 5.37. The van der Waals surface area contributed by atoms with Crippen LogP contribution in [-0.4, -0.2) is 34.5 Å². The normalized spacial score (nSPS) is 17.0. The van der Waals surface area contributed by atoms with Gasteiger partial charge in [-0.1, -0.05) is 11.3 Å². The number of nitrogens with zero attached hydrogens (tertiary/aromatic N) is 3. The Morgan fingerprint density at radius 1 is 1.25 bits per heavy atom. The molecule has 0 bridgehead atoms. The quantitative estimate of drug-likeness (QED) is 0.873. The highest BCUT2D eigenvalue weighted by Crippen LogP contribution is 2.27. The van der Waals surface area contributed by atoms with E-state index in [2.05, 4.69) is 20.8 Å². The van der Waals surface area contributed by atoms with E-state index in [0.717, 1.165) is 0 Å². The van der Waals surface area contributed by atoms with Crippen molar-refractivity contribution in [3.8, 4) is 0 Å². The van der Waals surface area contributed by atoms with Crippen molar-refractivity contribution in [2.24, 2.45) is 5.92 Å². The van der Waals surface area contributed by atoms with Gasteiger partial charge in [0.25, 0.3) is 0 Å². The molecule has 0 aliphatic carbocycles. The first-order valence-electron chi connectivity index (χ1n) is 7.28. The van der Waals surface area contributed by atoms with Gasteiger partial charge in [-0.2, -0.15) is 0 Å². The number of carbonyl (C=O) groups excluding carboxylic acids is 3. The van der Waals surface area contributed by atoms with Crippen LogP contribution in [0.5, 0.6) is 0 Å². The van der Waals surface area contributed by atoms with Crippen molar-refractivity contribution in [1.29, 1.82) is 0 Å². The van der Waals surface area contributed by atoms with E-state index < -0.39 is 5.92 Å². The molecule has 1 fully saturated rings. The summed E-state index contributed by atoms with van der Waals surface area (Å²) in [6, 6.07) is 6.93. The Balaban J connectivity index is 1.66. The lowest BCUT2D eigenvalue weighted by Crippen LogP contribution is -2.28. The van der Waals surface area contributed by atoms with Crippen LogP contribution < -0.4 is 15.5 Å². The van der Waals surface area contributed by atoms with Gasteiger partial charge in [-0.25, -0.2) is 0 Å². The molecular weight excluding hydrogens is 330 g/mol. The van der Waals surface area contributed by atoms with Crippen LogP contribution in [0.2, 0.25) is 0 Å². The highest BCUT2D eigenvalue weighted by Gasteiger charge is 2.35. The molecule has 9 heteroatoms. The summed E-state index contributed by atoms with van der Waals surface area (Å²) in [6.07, 6.45) is 0.151. The molecule has 1 aliphatic heterocycles. The number of hydrogen-bond acceptors (Lipinski definition) is 6. The monoisotopic (exact) mass is 345 g/mol. The van der Waals surface area contributed by atoms with Crippen molar-refractivity contribution in [3.63, 3.8) is 0 Å². The van der Waals surface area contributed by atoms with Crippen LogP contribution in [0.3, 0.4) is 0 Å². The number of carbonyl (C=O) groups is 3. The van der Waals surface area contributed by atoms with Gasteiger partial charge in [0.2, 0.25) is 22.9 Å². The number of hydrogen-bond donors (Lipinski definition) is 2. The number of amides is 3. The van der Waals surface area contributed by atoms with E-state index in [-0.39, 0.29) is 24.1 Å². The average molecular weight is 345 g/mol. The van der Waals surface area contributed by atoms with Crippen LogP contribution in [0.4, 0.5) is 16.5 Å². The van der Waals surface area contributed by atoms with Crippen LogP contribution >= 0.6 is 11.3 Å². The summed E-state index contributed by atoms with van der Waals surface area (Å²) in [6.45, 7) is 1.74. The maximum atomic E-state index is 12.2. The summed E-state index contributed by atoms with van der Waals surface area (Å²) >= 11 is 1.23. The largest absolute Gasteiger partial charge is 0.326 e. The van der Waals surface area contributed by atoms with Gasteiger partial charge >= 0.3 is 0 Å². The van der Waals surface area contributed by atoms with E-state index in [9.17, 15) is 14.4 Å². The van der Waals surface area contributed by atoms with Crippen LogP contribution in [0.25, 0.3) is 0 Å². The molecule has 1 saturated heterocycles. The van der Waals surface area contributed by atoms with Crippen LogP contribution in [0, 0.1) is 5.92 Å². The zero-order chi connectivity index (χ0) is 17.1. The predicted octanol–water partition coefficient (Wildman–Crippen LogP) is 1.49. The Morgan fingerprint density at radius 2 is 2.00 bits per heavy atom. The Hall–Kier alpha value is -2.81. The molecule has 1 unspecified atom stereocenters. The smallest absolute Gasteiger partial charge is 0.231 e. The number of rotatable bonds is 4. The van der Waals surface area contributed by atoms with Crippen molar-refractivity contribution in [1.82, 2.24) is 10.2 Å². The first-order chi connectivity index (χ1) is 11.5. The van der Waals surface area contributed by atoms with Crippen molar-refractivity contribution < 1.29 is 14.4 Å². The van der Waals surface area contributed by atoms with Gasteiger partial charge in [-0.05, 0) is 24.3 Å². The SMILES string of the molecule is CC(=O)Nc1ccc(N2CC(C(=O)Nc3nncs3)CC2=O)cc1. The van der Waals surface area contributed by atoms with E-state index in [1.807, 2.05) is 0 Å². The fraction of sp³-hybridized carbons (Fsp3) is 0.267. The molecule has 2 aromatic rings. The van der Waals surface area contributed by atoms with Crippen LogP contribution in [0.15, 0.2) is 29.8 Å². The average Bonchev–Trinajstić information content (AvgIpc) is 3.17. The number of benzene rings is 1. The molecule has 0 saturated carbocycles. The third-order valence-electron chi connectivity index (χ3n) is 3.59. The highest BCUT2D eigenvalue weighted by atomic mass is 32.1.